The highest BCUT2D eigenvalue weighted by Gasteiger charge is 2.42. The lowest BCUT2D eigenvalue weighted by molar-refractivity contribution is -0.154. The molecule has 1 aliphatic carbocycles. The fourth-order valence-electron chi connectivity index (χ4n) is 4.71. The number of unbranched alkanes of at least 4 members (excludes halogenated alkanes) is 3. The van der Waals surface area contributed by atoms with E-state index in [0.717, 1.165) is 51.4 Å². The fourth-order valence-corrected chi connectivity index (χ4v) is 4.71. The van der Waals surface area contributed by atoms with Crippen LogP contribution in [0.25, 0.3) is 0 Å². The first kappa shape index (κ1) is 27.9. The van der Waals surface area contributed by atoms with Gasteiger partial charge in [0.05, 0.1) is 25.6 Å². The average molecular weight is 441 g/mol. The fraction of sp³-hybridized carbons (Fsp3) is 0.923. The molecule has 0 aromatic carbocycles. The predicted molar refractivity (Wildman–Crippen MR) is 125 cm³/mol. The largest absolute Gasteiger partial charge is 0.466 e. The van der Waals surface area contributed by atoms with E-state index in [9.17, 15) is 14.7 Å². The number of rotatable bonds is 15. The maximum absolute atomic E-state index is 12.4. The van der Waals surface area contributed by atoms with Crippen LogP contribution in [0.15, 0.2) is 0 Å². The Kier molecular flexibility index (Phi) is 12.7. The summed E-state index contributed by atoms with van der Waals surface area (Å²) in [6.07, 6.45) is 11.4. The third kappa shape index (κ3) is 10.4. The van der Waals surface area contributed by atoms with E-state index >= 15 is 0 Å². The van der Waals surface area contributed by atoms with Crippen molar-refractivity contribution in [1.82, 2.24) is 0 Å². The van der Waals surface area contributed by atoms with E-state index in [4.69, 9.17) is 9.47 Å². The van der Waals surface area contributed by atoms with Crippen molar-refractivity contribution in [2.24, 2.45) is 10.8 Å². The van der Waals surface area contributed by atoms with E-state index in [1.165, 1.54) is 25.7 Å². The normalized spacial score (nSPS) is 22.5. The molecule has 1 saturated carbocycles. The lowest BCUT2D eigenvalue weighted by Gasteiger charge is -2.49. The number of carbonyl (C=O) groups excluding carboxylic acids is 2. The van der Waals surface area contributed by atoms with Gasteiger partial charge >= 0.3 is 11.9 Å². The average Bonchev–Trinajstić information content (AvgIpc) is 2.68. The van der Waals surface area contributed by atoms with Gasteiger partial charge in [0.15, 0.2) is 0 Å². The third-order valence-corrected chi connectivity index (χ3v) is 7.41. The summed E-state index contributed by atoms with van der Waals surface area (Å²) in [4.78, 5) is 24.2. The summed E-state index contributed by atoms with van der Waals surface area (Å²) in [5, 5.41) is 10.1. The predicted octanol–water partition coefficient (Wildman–Crippen LogP) is 6.35. The van der Waals surface area contributed by atoms with Crippen LogP contribution < -0.4 is 0 Å². The summed E-state index contributed by atoms with van der Waals surface area (Å²) in [5.41, 5.74) is 0.573. The Morgan fingerprint density at radius 1 is 0.903 bits per heavy atom. The van der Waals surface area contributed by atoms with Crippen LogP contribution in [0.1, 0.15) is 125 Å². The Bertz CT molecular complexity index is 530. The van der Waals surface area contributed by atoms with Gasteiger partial charge in [-0.15, -0.1) is 0 Å². The zero-order valence-electron chi connectivity index (χ0n) is 20.8. The third-order valence-electron chi connectivity index (χ3n) is 7.41. The van der Waals surface area contributed by atoms with Crippen LogP contribution >= 0.6 is 0 Å². The monoisotopic (exact) mass is 440 g/mol. The molecular formula is C26H48O5. The van der Waals surface area contributed by atoms with E-state index in [-0.39, 0.29) is 24.4 Å². The molecule has 31 heavy (non-hydrogen) atoms. The number of hydrogen-bond donors (Lipinski definition) is 1. The summed E-state index contributed by atoms with van der Waals surface area (Å²) in [5.74, 6) is -0.871. The molecule has 1 N–H and O–H groups in total. The molecule has 5 nitrogen and oxygen atoms in total. The topological polar surface area (TPSA) is 72.8 Å². The van der Waals surface area contributed by atoms with Crippen LogP contribution in [0.3, 0.4) is 0 Å². The standard InChI is InChI=1S/C26H48O5/c1-6-8-9-12-18-30-23(28)19-21(27)20-24(29)31-22(13-7-2)14-17-26(5)16-11-10-15-25(26,3)4/h21-22,27H,6-20H2,1-5H3. The van der Waals surface area contributed by atoms with Gasteiger partial charge in [-0.3, -0.25) is 9.59 Å². The molecule has 1 fully saturated rings. The van der Waals surface area contributed by atoms with E-state index in [0.29, 0.717) is 12.0 Å². The van der Waals surface area contributed by atoms with Crippen LogP contribution in [-0.2, 0) is 19.1 Å². The van der Waals surface area contributed by atoms with Gasteiger partial charge in [-0.1, -0.05) is 73.1 Å². The molecule has 0 amide bonds. The molecule has 3 atom stereocenters. The quantitative estimate of drug-likeness (QED) is 0.237. The van der Waals surface area contributed by atoms with Crippen molar-refractivity contribution in [2.75, 3.05) is 6.61 Å². The highest BCUT2D eigenvalue weighted by Crippen LogP contribution is 2.53. The van der Waals surface area contributed by atoms with E-state index in [1.807, 2.05) is 0 Å². The van der Waals surface area contributed by atoms with Gasteiger partial charge in [0.1, 0.15) is 6.10 Å². The van der Waals surface area contributed by atoms with Crippen LogP contribution in [0, 0.1) is 10.8 Å². The molecule has 0 bridgehead atoms. The van der Waals surface area contributed by atoms with Gasteiger partial charge in [-0.25, -0.2) is 0 Å². The molecule has 0 spiro atoms. The number of aliphatic hydroxyl groups is 1. The SMILES string of the molecule is CCCCCCOC(=O)CC(O)CC(=O)OC(CCC)CCC1(C)CCCCC1(C)C. The molecule has 182 valence electrons. The van der Waals surface area contributed by atoms with Crippen molar-refractivity contribution in [3.63, 3.8) is 0 Å². The lowest BCUT2D eigenvalue weighted by atomic mass is 9.57. The number of hydrogen-bond acceptors (Lipinski definition) is 5. The van der Waals surface area contributed by atoms with Crippen molar-refractivity contribution < 1.29 is 24.2 Å². The van der Waals surface area contributed by atoms with Crippen molar-refractivity contribution >= 4 is 11.9 Å². The van der Waals surface area contributed by atoms with Gasteiger partial charge in [0.25, 0.3) is 0 Å². The number of carbonyl (C=O) groups is 2. The van der Waals surface area contributed by atoms with E-state index in [1.54, 1.807) is 0 Å². The zero-order chi connectivity index (χ0) is 23.3. The number of ether oxygens (including phenoxy) is 2. The van der Waals surface area contributed by atoms with Gasteiger partial charge in [0, 0.05) is 0 Å². The van der Waals surface area contributed by atoms with Crippen molar-refractivity contribution in [3.8, 4) is 0 Å². The van der Waals surface area contributed by atoms with Crippen LogP contribution in [0.5, 0.6) is 0 Å². The molecule has 5 heteroatoms. The van der Waals surface area contributed by atoms with Gasteiger partial charge in [0.2, 0.25) is 0 Å². The summed E-state index contributed by atoms with van der Waals surface area (Å²) in [6, 6.07) is 0. The minimum absolute atomic E-state index is 0.121. The molecule has 1 rings (SSSR count). The van der Waals surface area contributed by atoms with E-state index in [2.05, 4.69) is 34.6 Å². The van der Waals surface area contributed by atoms with Gasteiger partial charge in [-0.05, 0) is 49.4 Å². The molecule has 0 aromatic rings. The summed E-state index contributed by atoms with van der Waals surface area (Å²) in [6.45, 7) is 11.7. The van der Waals surface area contributed by atoms with Crippen LogP contribution in [0.2, 0.25) is 0 Å². The lowest BCUT2D eigenvalue weighted by Crippen LogP contribution is -2.39. The smallest absolute Gasteiger partial charge is 0.308 e. The molecule has 0 heterocycles. The maximum Gasteiger partial charge on any atom is 0.308 e. The summed E-state index contributed by atoms with van der Waals surface area (Å²) >= 11 is 0. The molecule has 0 aliphatic heterocycles. The minimum atomic E-state index is -1.05. The first-order valence-electron chi connectivity index (χ1n) is 12.7. The Morgan fingerprint density at radius 2 is 1.58 bits per heavy atom. The van der Waals surface area contributed by atoms with Crippen molar-refractivity contribution in [3.05, 3.63) is 0 Å². The van der Waals surface area contributed by atoms with Crippen LogP contribution in [-0.4, -0.2) is 35.9 Å². The second kappa shape index (κ2) is 14.1. The minimum Gasteiger partial charge on any atom is -0.466 e. The zero-order valence-corrected chi connectivity index (χ0v) is 20.8. The van der Waals surface area contributed by atoms with Gasteiger partial charge < -0.3 is 14.6 Å². The molecular weight excluding hydrogens is 392 g/mol. The van der Waals surface area contributed by atoms with E-state index < -0.39 is 18.0 Å². The Hall–Kier alpha value is -1.10. The van der Waals surface area contributed by atoms with Crippen molar-refractivity contribution in [2.45, 2.75) is 137 Å². The molecule has 0 aromatic heterocycles. The highest BCUT2D eigenvalue weighted by atomic mass is 16.5. The van der Waals surface area contributed by atoms with Crippen molar-refractivity contribution in [1.29, 1.82) is 0 Å². The highest BCUT2D eigenvalue weighted by molar-refractivity contribution is 5.73. The maximum atomic E-state index is 12.4. The number of esters is 2. The first-order valence-corrected chi connectivity index (χ1v) is 12.7. The van der Waals surface area contributed by atoms with Gasteiger partial charge in [-0.2, -0.15) is 0 Å². The first-order chi connectivity index (χ1) is 14.6. The Balaban J connectivity index is 2.41. The summed E-state index contributed by atoms with van der Waals surface area (Å²) in [7, 11) is 0. The molecule has 0 radical (unpaired) electrons. The Labute approximate surface area is 190 Å². The molecule has 3 unspecified atom stereocenters. The summed E-state index contributed by atoms with van der Waals surface area (Å²) < 4.78 is 10.9. The van der Waals surface area contributed by atoms with Crippen LogP contribution in [0.4, 0.5) is 0 Å². The second-order valence-corrected chi connectivity index (χ2v) is 10.4. The molecule has 0 saturated heterocycles. The Morgan fingerprint density at radius 3 is 2.23 bits per heavy atom. The molecule has 1 aliphatic rings. The number of aliphatic hydroxyl groups excluding tert-OH is 1. The second-order valence-electron chi connectivity index (χ2n) is 10.4.